The van der Waals surface area contributed by atoms with Gasteiger partial charge in [0.15, 0.2) is 0 Å². The molecule has 2 aromatic rings. The maximum atomic E-state index is 13.6. The van der Waals surface area contributed by atoms with Crippen LogP contribution in [-0.4, -0.2) is 18.2 Å². The quantitative estimate of drug-likeness (QED) is 0.422. The minimum absolute atomic E-state index is 0.118. The molecule has 152 valence electrons. The van der Waals surface area contributed by atoms with E-state index in [2.05, 4.69) is 5.32 Å². The molecule has 28 heavy (non-hydrogen) atoms. The van der Waals surface area contributed by atoms with Crippen LogP contribution in [0.5, 0.6) is 11.5 Å². The van der Waals surface area contributed by atoms with Gasteiger partial charge in [0.1, 0.15) is 11.4 Å². The molecule has 0 fully saturated rings. The fourth-order valence-corrected chi connectivity index (χ4v) is 2.14. The fraction of sp³-hybridized carbons (Fsp3) is 0.316. The lowest BCUT2D eigenvalue weighted by Gasteiger charge is -2.19. The molecule has 0 saturated carbocycles. The zero-order chi connectivity index (χ0) is 21.1. The SMILES string of the molecule is CC(C)(C)OC(=O)NCCc1ccc(Oc2c(F)c(F)c(F)c(F)c2F)cc1. The van der Waals surface area contributed by atoms with Crippen molar-refractivity contribution >= 4 is 6.09 Å². The maximum absolute atomic E-state index is 13.6. The van der Waals surface area contributed by atoms with Crippen molar-refractivity contribution in [3.8, 4) is 11.5 Å². The minimum atomic E-state index is -2.25. The summed E-state index contributed by atoms with van der Waals surface area (Å²) in [5.74, 6) is -12.0. The second-order valence-electron chi connectivity index (χ2n) is 6.82. The molecule has 0 aliphatic rings. The monoisotopic (exact) mass is 403 g/mol. The second-order valence-corrected chi connectivity index (χ2v) is 6.82. The number of carbonyl (C=O) groups excluding carboxylic acids is 1. The van der Waals surface area contributed by atoms with Crippen LogP contribution in [0.1, 0.15) is 26.3 Å². The third-order valence-electron chi connectivity index (χ3n) is 3.39. The highest BCUT2D eigenvalue weighted by molar-refractivity contribution is 5.67. The predicted molar refractivity (Wildman–Crippen MR) is 90.7 cm³/mol. The van der Waals surface area contributed by atoms with Crippen LogP contribution in [0, 0.1) is 29.1 Å². The summed E-state index contributed by atoms with van der Waals surface area (Å²) in [7, 11) is 0. The molecule has 0 bridgehead atoms. The Hall–Kier alpha value is -2.84. The summed E-state index contributed by atoms with van der Waals surface area (Å²) in [4.78, 5) is 11.5. The highest BCUT2D eigenvalue weighted by atomic mass is 19.2. The third-order valence-corrected chi connectivity index (χ3v) is 3.39. The third kappa shape index (κ3) is 5.34. The van der Waals surface area contributed by atoms with Crippen LogP contribution < -0.4 is 10.1 Å². The van der Waals surface area contributed by atoms with Gasteiger partial charge in [-0.1, -0.05) is 12.1 Å². The van der Waals surface area contributed by atoms with Crippen molar-refractivity contribution < 1.29 is 36.2 Å². The van der Waals surface area contributed by atoms with Gasteiger partial charge in [0.05, 0.1) is 0 Å². The molecule has 2 aromatic carbocycles. The van der Waals surface area contributed by atoms with Gasteiger partial charge in [0.2, 0.25) is 34.8 Å². The molecule has 0 unspecified atom stereocenters. The van der Waals surface area contributed by atoms with Gasteiger partial charge < -0.3 is 14.8 Å². The predicted octanol–water partition coefficient (Wildman–Crippen LogP) is 5.24. The zero-order valence-corrected chi connectivity index (χ0v) is 15.3. The number of halogens is 5. The van der Waals surface area contributed by atoms with Crippen molar-refractivity contribution in [1.82, 2.24) is 5.32 Å². The minimum Gasteiger partial charge on any atom is -0.451 e. The van der Waals surface area contributed by atoms with E-state index < -0.39 is 46.5 Å². The van der Waals surface area contributed by atoms with Gasteiger partial charge in [-0.05, 0) is 44.9 Å². The van der Waals surface area contributed by atoms with Gasteiger partial charge in [-0.2, -0.15) is 8.78 Å². The normalized spacial score (nSPS) is 11.3. The van der Waals surface area contributed by atoms with Crippen LogP contribution in [0.4, 0.5) is 26.7 Å². The summed E-state index contributed by atoms with van der Waals surface area (Å²) in [5.41, 5.74) is 0.119. The molecule has 2 rings (SSSR count). The van der Waals surface area contributed by atoms with Crippen molar-refractivity contribution in [3.63, 3.8) is 0 Å². The Morgan fingerprint density at radius 1 is 0.893 bits per heavy atom. The molecule has 0 aliphatic carbocycles. The molecule has 0 atom stereocenters. The highest BCUT2D eigenvalue weighted by Crippen LogP contribution is 2.32. The smallest absolute Gasteiger partial charge is 0.407 e. The number of hydrogen-bond donors (Lipinski definition) is 1. The number of nitrogens with one attached hydrogen (secondary N) is 1. The lowest BCUT2D eigenvalue weighted by molar-refractivity contribution is 0.0528. The maximum Gasteiger partial charge on any atom is 0.407 e. The molecular formula is C19H18F5NO3. The Balaban J connectivity index is 2.00. The van der Waals surface area contributed by atoms with E-state index in [1.54, 1.807) is 20.8 Å². The van der Waals surface area contributed by atoms with E-state index in [1.807, 2.05) is 0 Å². The molecule has 0 spiro atoms. The number of ether oxygens (including phenoxy) is 2. The van der Waals surface area contributed by atoms with Crippen LogP contribution in [0.15, 0.2) is 24.3 Å². The topological polar surface area (TPSA) is 47.6 Å². The number of amides is 1. The van der Waals surface area contributed by atoms with Crippen LogP contribution in [-0.2, 0) is 11.2 Å². The lowest BCUT2D eigenvalue weighted by Crippen LogP contribution is -2.33. The van der Waals surface area contributed by atoms with E-state index in [-0.39, 0.29) is 12.3 Å². The Bertz CT molecular complexity index is 834. The van der Waals surface area contributed by atoms with Crippen molar-refractivity contribution in [2.45, 2.75) is 32.8 Å². The Labute approximate surface area is 158 Å². The van der Waals surface area contributed by atoms with Gasteiger partial charge in [-0.3, -0.25) is 0 Å². The number of rotatable bonds is 5. The van der Waals surface area contributed by atoms with Gasteiger partial charge in [0, 0.05) is 6.54 Å². The number of carbonyl (C=O) groups is 1. The van der Waals surface area contributed by atoms with Crippen LogP contribution in [0.3, 0.4) is 0 Å². The van der Waals surface area contributed by atoms with Crippen molar-refractivity contribution in [1.29, 1.82) is 0 Å². The second kappa shape index (κ2) is 8.45. The summed E-state index contributed by atoms with van der Waals surface area (Å²) in [6, 6.07) is 5.66. The van der Waals surface area contributed by atoms with E-state index in [0.29, 0.717) is 6.42 Å². The van der Waals surface area contributed by atoms with Gasteiger partial charge >= 0.3 is 6.09 Å². The van der Waals surface area contributed by atoms with E-state index in [9.17, 15) is 26.7 Å². The summed E-state index contributed by atoms with van der Waals surface area (Å²) in [6.07, 6.45) is -0.152. The molecule has 0 aromatic heterocycles. The molecule has 0 radical (unpaired) electrons. The number of hydrogen-bond acceptors (Lipinski definition) is 3. The summed E-state index contributed by atoms with van der Waals surface area (Å²) in [6.45, 7) is 5.47. The molecule has 1 amide bonds. The molecule has 0 heterocycles. The average molecular weight is 403 g/mol. The van der Waals surface area contributed by atoms with Crippen LogP contribution in [0.2, 0.25) is 0 Å². The van der Waals surface area contributed by atoms with E-state index in [1.165, 1.54) is 24.3 Å². The number of benzene rings is 2. The molecule has 0 saturated heterocycles. The molecular weight excluding hydrogens is 385 g/mol. The molecule has 9 heteroatoms. The summed E-state index contributed by atoms with van der Waals surface area (Å²) < 4.78 is 76.6. The lowest BCUT2D eigenvalue weighted by atomic mass is 10.1. The summed E-state index contributed by atoms with van der Waals surface area (Å²) >= 11 is 0. The first-order valence-corrected chi connectivity index (χ1v) is 8.24. The molecule has 0 aliphatic heterocycles. The standard InChI is InChI=1S/C19H18F5NO3/c1-19(2,3)28-18(26)25-9-8-10-4-6-11(7-5-10)27-17-15(23)13(21)12(20)14(22)16(17)24/h4-7H,8-9H2,1-3H3,(H,25,26). The summed E-state index contributed by atoms with van der Waals surface area (Å²) in [5, 5.41) is 2.56. The van der Waals surface area contributed by atoms with Crippen molar-refractivity contribution in [2.75, 3.05) is 6.54 Å². The van der Waals surface area contributed by atoms with E-state index >= 15 is 0 Å². The number of alkyl carbamates (subject to hydrolysis) is 1. The first kappa shape index (κ1) is 21.5. The van der Waals surface area contributed by atoms with Crippen LogP contribution in [0.25, 0.3) is 0 Å². The first-order valence-electron chi connectivity index (χ1n) is 8.24. The van der Waals surface area contributed by atoms with Gasteiger partial charge in [0.25, 0.3) is 0 Å². The van der Waals surface area contributed by atoms with Crippen molar-refractivity contribution in [3.05, 3.63) is 58.9 Å². The Morgan fingerprint density at radius 3 is 1.89 bits per heavy atom. The van der Waals surface area contributed by atoms with Crippen molar-refractivity contribution in [2.24, 2.45) is 0 Å². The highest BCUT2D eigenvalue weighted by Gasteiger charge is 2.27. The Morgan fingerprint density at radius 2 is 1.39 bits per heavy atom. The van der Waals surface area contributed by atoms with E-state index in [4.69, 9.17) is 9.47 Å². The molecule has 4 nitrogen and oxygen atoms in total. The zero-order valence-electron chi connectivity index (χ0n) is 15.3. The largest absolute Gasteiger partial charge is 0.451 e. The fourth-order valence-electron chi connectivity index (χ4n) is 2.14. The Kier molecular flexibility index (Phi) is 6.48. The van der Waals surface area contributed by atoms with Gasteiger partial charge in [-0.25, -0.2) is 18.0 Å². The first-order chi connectivity index (χ1) is 13.0. The molecule has 1 N–H and O–H groups in total. The van der Waals surface area contributed by atoms with E-state index in [0.717, 1.165) is 5.56 Å². The average Bonchev–Trinajstić information content (AvgIpc) is 2.62. The van der Waals surface area contributed by atoms with Gasteiger partial charge in [-0.15, -0.1) is 0 Å². The van der Waals surface area contributed by atoms with Crippen LogP contribution >= 0.6 is 0 Å².